The molecule has 0 fully saturated rings. The van der Waals surface area contributed by atoms with Crippen molar-refractivity contribution >= 4 is 8.07 Å². The fourth-order valence-corrected chi connectivity index (χ4v) is 1.71. The molecule has 0 saturated carbocycles. The molecule has 0 heterocycles. The number of hydrogen-bond donors (Lipinski definition) is 1. The molecule has 0 saturated heterocycles. The van der Waals surface area contributed by atoms with Crippen LogP contribution in [0, 0.1) is 11.5 Å². The molecule has 1 rings (SSSR count). The molecule has 1 aliphatic carbocycles. The molecule has 2 atom stereocenters. The van der Waals surface area contributed by atoms with Crippen molar-refractivity contribution in [3.8, 4) is 11.5 Å². The van der Waals surface area contributed by atoms with Gasteiger partial charge in [0, 0.05) is 7.11 Å². The summed E-state index contributed by atoms with van der Waals surface area (Å²) in [5, 5.41) is 10.1. The molecule has 0 amide bonds. The molecule has 0 aromatic carbocycles. The normalized spacial score (nSPS) is 35.9. The van der Waals surface area contributed by atoms with Crippen molar-refractivity contribution in [2.75, 3.05) is 7.11 Å². The van der Waals surface area contributed by atoms with Crippen molar-refractivity contribution < 1.29 is 9.84 Å². The van der Waals surface area contributed by atoms with Gasteiger partial charge in [-0.15, -0.1) is 5.54 Å². The highest BCUT2D eigenvalue weighted by Crippen LogP contribution is 2.36. The highest BCUT2D eigenvalue weighted by molar-refractivity contribution is 6.83. The van der Waals surface area contributed by atoms with E-state index in [0.29, 0.717) is 0 Å². The maximum Gasteiger partial charge on any atom is 0.175 e. The monoisotopic (exact) mass is 210 g/mol. The summed E-state index contributed by atoms with van der Waals surface area (Å²) in [6, 6.07) is 0. The summed E-state index contributed by atoms with van der Waals surface area (Å²) in [5.41, 5.74) is 1.43. The zero-order valence-electron chi connectivity index (χ0n) is 9.51. The van der Waals surface area contributed by atoms with Crippen LogP contribution in [-0.2, 0) is 4.74 Å². The van der Waals surface area contributed by atoms with Crippen LogP contribution < -0.4 is 0 Å². The van der Waals surface area contributed by atoms with E-state index in [-0.39, 0.29) is 0 Å². The Labute approximate surface area is 87.0 Å². The topological polar surface area (TPSA) is 29.5 Å². The summed E-state index contributed by atoms with van der Waals surface area (Å²) in [5.74, 6) is 2.93. The zero-order valence-corrected chi connectivity index (χ0v) is 10.5. The number of rotatable bonds is 1. The van der Waals surface area contributed by atoms with E-state index in [2.05, 4.69) is 31.1 Å². The second-order valence-electron chi connectivity index (χ2n) is 4.91. The maximum absolute atomic E-state index is 10.1. The number of aliphatic hydroxyl groups is 1. The van der Waals surface area contributed by atoms with E-state index in [4.69, 9.17) is 4.74 Å². The SMILES string of the molecule is CO[C@@]1(C)C=C[C@]1(O)C#C[Si](C)(C)C. The van der Waals surface area contributed by atoms with Crippen LogP contribution in [0.4, 0.5) is 0 Å². The standard InChI is InChI=1S/C11H18O2Si/c1-10(13-2)6-7-11(10,12)8-9-14(3,4)5/h6-7,12H,1-5H3/t10-,11-/m0/s1. The molecule has 1 N–H and O–H groups in total. The second-order valence-corrected chi connectivity index (χ2v) is 9.66. The van der Waals surface area contributed by atoms with Crippen molar-refractivity contribution in [1.82, 2.24) is 0 Å². The molecule has 0 bridgehead atoms. The van der Waals surface area contributed by atoms with Crippen LogP contribution >= 0.6 is 0 Å². The van der Waals surface area contributed by atoms with Gasteiger partial charge in [0.15, 0.2) is 5.60 Å². The van der Waals surface area contributed by atoms with Crippen molar-refractivity contribution in [3.05, 3.63) is 12.2 Å². The van der Waals surface area contributed by atoms with Crippen molar-refractivity contribution in [3.63, 3.8) is 0 Å². The van der Waals surface area contributed by atoms with Gasteiger partial charge in [0.2, 0.25) is 0 Å². The highest BCUT2D eigenvalue weighted by atomic mass is 28.3. The third kappa shape index (κ3) is 1.93. The van der Waals surface area contributed by atoms with Gasteiger partial charge < -0.3 is 9.84 Å². The maximum atomic E-state index is 10.1. The molecule has 3 heteroatoms. The molecule has 0 aromatic heterocycles. The predicted molar refractivity (Wildman–Crippen MR) is 60.6 cm³/mol. The van der Waals surface area contributed by atoms with E-state index in [0.717, 1.165) is 0 Å². The van der Waals surface area contributed by atoms with Gasteiger partial charge in [0.05, 0.1) is 0 Å². The van der Waals surface area contributed by atoms with Crippen molar-refractivity contribution in [1.29, 1.82) is 0 Å². The summed E-state index contributed by atoms with van der Waals surface area (Å²) >= 11 is 0. The van der Waals surface area contributed by atoms with Gasteiger partial charge in [-0.3, -0.25) is 0 Å². The van der Waals surface area contributed by atoms with Crippen molar-refractivity contribution in [2.24, 2.45) is 0 Å². The minimum absolute atomic E-state index is 0.639. The number of methoxy groups -OCH3 is 1. The highest BCUT2D eigenvalue weighted by Gasteiger charge is 2.49. The van der Waals surface area contributed by atoms with Gasteiger partial charge in [-0.05, 0) is 19.1 Å². The molecule has 0 aliphatic heterocycles. The van der Waals surface area contributed by atoms with E-state index >= 15 is 0 Å². The van der Waals surface area contributed by atoms with E-state index in [1.807, 2.05) is 13.0 Å². The molecular weight excluding hydrogens is 192 g/mol. The lowest BCUT2D eigenvalue weighted by molar-refractivity contribution is -0.0918. The van der Waals surface area contributed by atoms with E-state index in [1.165, 1.54) is 0 Å². The van der Waals surface area contributed by atoms with Crippen LogP contribution in [0.15, 0.2) is 12.2 Å². The molecule has 2 nitrogen and oxygen atoms in total. The largest absolute Gasteiger partial charge is 0.371 e. The van der Waals surface area contributed by atoms with Gasteiger partial charge in [0.25, 0.3) is 0 Å². The Morgan fingerprint density at radius 3 is 2.14 bits per heavy atom. The molecule has 78 valence electrons. The average Bonchev–Trinajstić information content (AvgIpc) is 2.09. The van der Waals surface area contributed by atoms with Crippen LogP contribution in [0.3, 0.4) is 0 Å². The predicted octanol–water partition coefficient (Wildman–Crippen LogP) is 1.57. The molecular formula is C11H18O2Si. The van der Waals surface area contributed by atoms with Crippen LogP contribution in [0.1, 0.15) is 6.92 Å². The smallest absolute Gasteiger partial charge is 0.175 e. The Morgan fingerprint density at radius 2 is 1.86 bits per heavy atom. The first-order valence-electron chi connectivity index (χ1n) is 4.75. The molecule has 0 unspecified atom stereocenters. The first-order valence-corrected chi connectivity index (χ1v) is 8.25. The lowest BCUT2D eigenvalue weighted by Crippen LogP contribution is -2.56. The Hall–Kier alpha value is -0.563. The molecule has 0 spiro atoms. The lowest BCUT2D eigenvalue weighted by Gasteiger charge is -2.43. The van der Waals surface area contributed by atoms with Crippen LogP contribution in [0.5, 0.6) is 0 Å². The van der Waals surface area contributed by atoms with Gasteiger partial charge in [-0.25, -0.2) is 0 Å². The second kappa shape index (κ2) is 3.23. The average molecular weight is 210 g/mol. The first kappa shape index (κ1) is 11.5. The Bertz CT molecular complexity index is 318. The summed E-state index contributed by atoms with van der Waals surface area (Å²) in [4.78, 5) is 0. The summed E-state index contributed by atoms with van der Waals surface area (Å²) < 4.78 is 5.23. The minimum atomic E-state index is -1.44. The summed E-state index contributed by atoms with van der Waals surface area (Å²) in [6.07, 6.45) is 3.54. The van der Waals surface area contributed by atoms with E-state index < -0.39 is 19.3 Å². The fourth-order valence-electron chi connectivity index (χ4n) is 1.15. The summed E-state index contributed by atoms with van der Waals surface area (Å²) in [7, 11) is 0.153. The Balaban J connectivity index is 2.89. The third-order valence-electron chi connectivity index (χ3n) is 2.45. The van der Waals surface area contributed by atoms with Crippen LogP contribution in [-0.4, -0.2) is 31.5 Å². The molecule has 14 heavy (non-hydrogen) atoms. The molecule has 1 aliphatic rings. The zero-order chi connectivity index (χ0) is 11.0. The summed E-state index contributed by atoms with van der Waals surface area (Å²) in [6.45, 7) is 8.29. The van der Waals surface area contributed by atoms with E-state index in [1.54, 1.807) is 13.2 Å². The third-order valence-corrected chi connectivity index (χ3v) is 3.33. The quantitative estimate of drug-likeness (QED) is 0.404. The Kier molecular flexibility index (Phi) is 2.66. The first-order chi connectivity index (χ1) is 6.22. The van der Waals surface area contributed by atoms with Crippen LogP contribution in [0.2, 0.25) is 19.6 Å². The number of hydrogen-bond acceptors (Lipinski definition) is 2. The van der Waals surface area contributed by atoms with Gasteiger partial charge in [0.1, 0.15) is 13.7 Å². The van der Waals surface area contributed by atoms with Gasteiger partial charge in [-0.1, -0.05) is 25.6 Å². The minimum Gasteiger partial charge on any atom is -0.371 e. The van der Waals surface area contributed by atoms with Crippen molar-refractivity contribution in [2.45, 2.75) is 37.8 Å². The van der Waals surface area contributed by atoms with Crippen LogP contribution in [0.25, 0.3) is 0 Å². The van der Waals surface area contributed by atoms with Gasteiger partial charge in [-0.2, -0.15) is 0 Å². The van der Waals surface area contributed by atoms with E-state index in [9.17, 15) is 5.11 Å². The van der Waals surface area contributed by atoms with Gasteiger partial charge >= 0.3 is 0 Å². The molecule has 0 aromatic rings. The number of ether oxygens (including phenoxy) is 1. The fraction of sp³-hybridized carbons (Fsp3) is 0.636. The Morgan fingerprint density at radius 1 is 1.29 bits per heavy atom. The molecule has 0 radical (unpaired) electrons. The lowest BCUT2D eigenvalue weighted by atomic mass is 9.75.